The number of nitrogens with zero attached hydrogens (tertiary/aromatic N) is 4. The third-order valence-corrected chi connectivity index (χ3v) is 2.23. The second kappa shape index (κ2) is 4.11. The van der Waals surface area contributed by atoms with Crippen molar-refractivity contribution in [1.29, 1.82) is 0 Å². The zero-order valence-corrected chi connectivity index (χ0v) is 8.94. The quantitative estimate of drug-likeness (QED) is 0.400. The van der Waals surface area contributed by atoms with Crippen molar-refractivity contribution in [3.8, 4) is 0 Å². The summed E-state index contributed by atoms with van der Waals surface area (Å²) in [6.07, 6.45) is 0. The number of azide groups is 1. The lowest BCUT2D eigenvalue weighted by Crippen LogP contribution is -2.00. The Morgan fingerprint density at radius 1 is 1.43 bits per heavy atom. The highest BCUT2D eigenvalue weighted by Gasteiger charge is 2.10. The minimum Gasteiger partial charge on any atom is -0.258 e. The van der Waals surface area contributed by atoms with E-state index in [-0.39, 0.29) is 6.04 Å². The van der Waals surface area contributed by atoms with E-state index in [0.717, 1.165) is 22.5 Å². The number of hydrogen-bond acceptors (Lipinski definition) is 2. The summed E-state index contributed by atoms with van der Waals surface area (Å²) in [5.74, 6) is 0. The van der Waals surface area contributed by atoms with Crippen LogP contribution in [0.1, 0.15) is 35.5 Å². The van der Waals surface area contributed by atoms with Gasteiger partial charge in [0.2, 0.25) is 0 Å². The average molecular weight is 190 g/mol. The van der Waals surface area contributed by atoms with Gasteiger partial charge in [-0.1, -0.05) is 12.0 Å². The van der Waals surface area contributed by atoms with Crippen LogP contribution in [0, 0.1) is 20.8 Å². The summed E-state index contributed by atoms with van der Waals surface area (Å²) in [6.45, 7) is 7.80. The molecule has 0 aliphatic rings. The van der Waals surface area contributed by atoms with Gasteiger partial charge in [0.05, 0.1) is 6.04 Å². The summed E-state index contributed by atoms with van der Waals surface area (Å²) < 4.78 is 0. The van der Waals surface area contributed by atoms with Crippen LogP contribution in [0.5, 0.6) is 0 Å². The Labute approximate surface area is 83.6 Å². The molecule has 0 aliphatic heterocycles. The van der Waals surface area contributed by atoms with Gasteiger partial charge in [-0.3, -0.25) is 4.98 Å². The standard InChI is InChI=1S/C10H14N4/c1-6-5-7(2)12-8(3)10(6)9(4)13-14-11/h5,9H,1-4H3/t9-/m0/s1. The van der Waals surface area contributed by atoms with Crippen molar-refractivity contribution in [3.05, 3.63) is 39.0 Å². The van der Waals surface area contributed by atoms with E-state index < -0.39 is 0 Å². The van der Waals surface area contributed by atoms with Gasteiger partial charge < -0.3 is 0 Å². The maximum Gasteiger partial charge on any atom is 0.0617 e. The summed E-state index contributed by atoms with van der Waals surface area (Å²) in [6, 6.07) is 1.86. The molecule has 1 aromatic heterocycles. The Balaban J connectivity index is 3.26. The smallest absolute Gasteiger partial charge is 0.0617 e. The SMILES string of the molecule is Cc1cc(C)c([C@H](C)N=[N+]=[N-])c(C)n1. The van der Waals surface area contributed by atoms with Crippen LogP contribution in [-0.2, 0) is 0 Å². The van der Waals surface area contributed by atoms with E-state index in [2.05, 4.69) is 15.0 Å². The first kappa shape index (κ1) is 10.5. The van der Waals surface area contributed by atoms with Crippen LogP contribution >= 0.6 is 0 Å². The first-order valence-electron chi connectivity index (χ1n) is 4.55. The van der Waals surface area contributed by atoms with E-state index in [9.17, 15) is 0 Å². The monoisotopic (exact) mass is 190 g/mol. The first-order valence-corrected chi connectivity index (χ1v) is 4.55. The van der Waals surface area contributed by atoms with Crippen molar-refractivity contribution in [2.24, 2.45) is 5.11 Å². The van der Waals surface area contributed by atoms with Gasteiger partial charge in [-0.25, -0.2) is 0 Å². The first-order chi connectivity index (χ1) is 6.56. The molecule has 4 heteroatoms. The molecule has 0 radical (unpaired) electrons. The number of aromatic nitrogens is 1. The van der Waals surface area contributed by atoms with E-state index >= 15 is 0 Å². The number of aryl methyl sites for hydroxylation is 3. The second-order valence-electron chi connectivity index (χ2n) is 3.46. The molecule has 0 unspecified atom stereocenters. The Kier molecular flexibility index (Phi) is 3.10. The fraction of sp³-hybridized carbons (Fsp3) is 0.500. The lowest BCUT2D eigenvalue weighted by atomic mass is 10.0. The highest BCUT2D eigenvalue weighted by atomic mass is 15.1. The molecule has 1 aromatic rings. The molecule has 1 heterocycles. The Morgan fingerprint density at radius 2 is 2.07 bits per heavy atom. The number of rotatable bonds is 2. The molecule has 1 rings (SSSR count). The van der Waals surface area contributed by atoms with Gasteiger partial charge in [-0.15, -0.1) is 0 Å². The fourth-order valence-electron chi connectivity index (χ4n) is 1.80. The van der Waals surface area contributed by atoms with Crippen LogP contribution < -0.4 is 0 Å². The Hall–Kier alpha value is -1.54. The normalized spacial score (nSPS) is 12.0. The molecule has 4 nitrogen and oxygen atoms in total. The molecule has 0 saturated heterocycles. The maximum absolute atomic E-state index is 8.37. The molecule has 0 N–H and O–H groups in total. The van der Waals surface area contributed by atoms with Gasteiger partial charge in [-0.2, -0.15) is 0 Å². The molecule has 0 aliphatic carbocycles. The fourth-order valence-corrected chi connectivity index (χ4v) is 1.80. The van der Waals surface area contributed by atoms with Gasteiger partial charge in [-0.05, 0) is 43.5 Å². The molecule has 1 atom stereocenters. The van der Waals surface area contributed by atoms with Crippen molar-refractivity contribution in [2.75, 3.05) is 0 Å². The number of pyridine rings is 1. The van der Waals surface area contributed by atoms with Crippen LogP contribution in [0.4, 0.5) is 0 Å². The zero-order valence-electron chi connectivity index (χ0n) is 8.94. The third kappa shape index (κ3) is 2.03. The maximum atomic E-state index is 8.37. The predicted molar refractivity (Wildman–Crippen MR) is 56.0 cm³/mol. The second-order valence-corrected chi connectivity index (χ2v) is 3.46. The van der Waals surface area contributed by atoms with Gasteiger partial charge >= 0.3 is 0 Å². The minimum atomic E-state index is -0.145. The molecule has 0 aromatic carbocycles. The molecular weight excluding hydrogens is 176 g/mol. The third-order valence-electron chi connectivity index (χ3n) is 2.23. The van der Waals surface area contributed by atoms with Gasteiger partial charge in [0, 0.05) is 16.3 Å². The highest BCUT2D eigenvalue weighted by molar-refractivity contribution is 5.33. The summed E-state index contributed by atoms with van der Waals surface area (Å²) in [7, 11) is 0. The molecular formula is C10H14N4. The largest absolute Gasteiger partial charge is 0.258 e. The highest BCUT2D eigenvalue weighted by Crippen LogP contribution is 2.23. The van der Waals surface area contributed by atoms with Gasteiger partial charge in [0.25, 0.3) is 0 Å². The van der Waals surface area contributed by atoms with Crippen LogP contribution in [0.15, 0.2) is 11.2 Å². The average Bonchev–Trinajstić information content (AvgIpc) is 2.01. The summed E-state index contributed by atoms with van der Waals surface area (Å²) in [5.41, 5.74) is 12.5. The topological polar surface area (TPSA) is 61.7 Å². The lowest BCUT2D eigenvalue weighted by molar-refractivity contribution is 0.779. The summed E-state index contributed by atoms with van der Waals surface area (Å²) >= 11 is 0. The Bertz CT molecular complexity index is 368. The molecule has 0 spiro atoms. The number of hydrogen-bond donors (Lipinski definition) is 0. The van der Waals surface area contributed by atoms with E-state index in [1.165, 1.54) is 0 Å². The molecule has 14 heavy (non-hydrogen) atoms. The van der Waals surface area contributed by atoms with Crippen LogP contribution in [-0.4, -0.2) is 4.98 Å². The summed E-state index contributed by atoms with van der Waals surface area (Å²) in [5, 5.41) is 3.69. The minimum absolute atomic E-state index is 0.145. The lowest BCUT2D eigenvalue weighted by Gasteiger charge is -2.12. The van der Waals surface area contributed by atoms with Crippen LogP contribution in [0.3, 0.4) is 0 Å². The predicted octanol–water partition coefficient (Wildman–Crippen LogP) is 3.38. The molecule has 0 saturated carbocycles. The molecule has 74 valence electrons. The molecule has 0 fully saturated rings. The van der Waals surface area contributed by atoms with Crippen molar-refractivity contribution in [1.82, 2.24) is 4.98 Å². The molecule has 0 amide bonds. The van der Waals surface area contributed by atoms with Crippen molar-refractivity contribution in [2.45, 2.75) is 33.7 Å². The van der Waals surface area contributed by atoms with Gasteiger partial charge in [0.15, 0.2) is 0 Å². The zero-order chi connectivity index (χ0) is 10.7. The summed E-state index contributed by atoms with van der Waals surface area (Å²) in [4.78, 5) is 7.17. The van der Waals surface area contributed by atoms with Crippen LogP contribution in [0.2, 0.25) is 0 Å². The van der Waals surface area contributed by atoms with Crippen molar-refractivity contribution >= 4 is 0 Å². The van der Waals surface area contributed by atoms with E-state index in [4.69, 9.17) is 5.53 Å². The van der Waals surface area contributed by atoms with E-state index in [0.29, 0.717) is 0 Å². The van der Waals surface area contributed by atoms with Gasteiger partial charge in [0.1, 0.15) is 0 Å². The van der Waals surface area contributed by atoms with Crippen molar-refractivity contribution < 1.29 is 0 Å². The molecule has 0 bridgehead atoms. The van der Waals surface area contributed by atoms with Crippen LogP contribution in [0.25, 0.3) is 10.4 Å². The Morgan fingerprint density at radius 3 is 2.57 bits per heavy atom. The van der Waals surface area contributed by atoms with E-state index in [1.807, 2.05) is 33.8 Å². The van der Waals surface area contributed by atoms with E-state index in [1.54, 1.807) is 0 Å². The van der Waals surface area contributed by atoms with Crippen molar-refractivity contribution in [3.63, 3.8) is 0 Å².